The van der Waals surface area contributed by atoms with Crippen molar-refractivity contribution >= 4 is 92.8 Å². The molecule has 0 spiro atoms. The molecule has 0 aliphatic carbocycles. The number of aliphatic carboxylic acids is 1. The highest BCUT2D eigenvalue weighted by Gasteiger charge is 2.36. The number of thiophene rings is 2. The number of carbonyl (C=O) groups is 6. The van der Waals surface area contributed by atoms with Gasteiger partial charge in [-0.2, -0.15) is 32.7 Å². The van der Waals surface area contributed by atoms with Gasteiger partial charge in [0.05, 0.1) is 83.9 Å². The lowest BCUT2D eigenvalue weighted by molar-refractivity contribution is -0.151. The number of esters is 1. The lowest BCUT2D eigenvalue weighted by atomic mass is 10.1. The van der Waals surface area contributed by atoms with Crippen LogP contribution in [0.4, 0.5) is 24.8 Å². The molecule has 83 heavy (non-hydrogen) atoms. The van der Waals surface area contributed by atoms with E-state index in [9.17, 15) is 56.6 Å². The minimum Gasteiger partial charge on any atom is -0.491 e. The molecule has 4 N–H and O–H groups in total. The molecule has 2 aromatic carbocycles. The van der Waals surface area contributed by atoms with Crippen molar-refractivity contribution in [3.8, 4) is 39.8 Å². The zero-order chi connectivity index (χ0) is 59.7. The maximum Gasteiger partial charge on any atom is 0.417 e. The average Bonchev–Trinajstić information content (AvgIpc) is 4.00. The second-order valence-corrected chi connectivity index (χ2v) is 21.0. The molecule has 0 aliphatic heterocycles. The fraction of sp³-hybridized carbons (Fsp3) is 0.145. The molecule has 9 aromatic rings. The smallest absolute Gasteiger partial charge is 0.417 e. The van der Waals surface area contributed by atoms with Crippen molar-refractivity contribution < 1.29 is 61.6 Å². The van der Waals surface area contributed by atoms with Gasteiger partial charge in [0.1, 0.15) is 23.0 Å². The number of aliphatic hydroxyl groups excluding tert-OH is 1. The third-order valence-corrected chi connectivity index (χ3v) is 14.5. The van der Waals surface area contributed by atoms with E-state index in [1.54, 1.807) is 79.0 Å². The number of carboxylic acids is 1. The molecule has 426 valence electrons. The maximum atomic E-state index is 13.7. The molecule has 21 nitrogen and oxygen atoms in total. The summed E-state index contributed by atoms with van der Waals surface area (Å²) < 4.78 is 55.4. The normalized spacial score (nSPS) is 11.1. The first-order valence-electron chi connectivity index (χ1n) is 24.1. The number of carboxylic acid groups (broad SMARTS) is 1. The standard InChI is InChI=1S/C30H24ClN5O6S.C25H18ClF3N4O6S/c1-42-30(41)25(38)16-35-24(12-20(13-28(35)39)22-7-2-3-10-32-22)23-14-27(33-15-21-8-9-26(31)43-21)36(34-23)29(40)19-6-4-5-18(11-19)17-37;1-39-19-8-7-17(32(23(19)36)12-18(34)24(37)38)16-10-21(30-11-13-6-9-20(26)40-13)33(31-16)22(35)14-4-2-3-5-15(14)25(27,28)29/h2-14,33,37H,15-17H2,1H3;2-10,30H,11-12H2,1H3,(H,37,38). The average molecular weight is 1210 g/mol. The number of halogens is 5. The Labute approximate surface area is 484 Å². The molecule has 28 heteroatoms. The van der Waals surface area contributed by atoms with E-state index in [2.05, 4.69) is 30.6 Å². The number of hydrogen-bond donors (Lipinski definition) is 4. The molecule has 7 aromatic heterocycles. The number of rotatable bonds is 19. The molecule has 7 heterocycles. The Hall–Kier alpha value is -9.34. The zero-order valence-corrected chi connectivity index (χ0v) is 46.2. The first-order valence-corrected chi connectivity index (χ1v) is 26.5. The van der Waals surface area contributed by atoms with Gasteiger partial charge in [-0.1, -0.05) is 53.5 Å². The van der Waals surface area contributed by atoms with E-state index >= 15 is 0 Å². The van der Waals surface area contributed by atoms with E-state index < -0.39 is 76.8 Å². The number of aliphatic hydroxyl groups is 1. The summed E-state index contributed by atoms with van der Waals surface area (Å²) in [6, 6.07) is 31.2. The molecule has 0 saturated carbocycles. The fourth-order valence-electron chi connectivity index (χ4n) is 8.06. The molecule has 0 aliphatic rings. The van der Waals surface area contributed by atoms with Gasteiger partial charge in [-0.05, 0) is 84.4 Å². The summed E-state index contributed by atoms with van der Waals surface area (Å²) in [7, 11) is 2.27. The van der Waals surface area contributed by atoms with Crippen LogP contribution in [-0.4, -0.2) is 93.4 Å². The highest BCUT2D eigenvalue weighted by Crippen LogP contribution is 2.34. The van der Waals surface area contributed by atoms with Crippen molar-refractivity contribution in [2.75, 3.05) is 24.9 Å². The number of ketones is 2. The molecular formula is C55H42Cl2F3N9O12S2. The van der Waals surface area contributed by atoms with Gasteiger partial charge in [-0.25, -0.2) is 9.59 Å². The number of benzene rings is 2. The second-order valence-electron chi connectivity index (χ2n) is 17.4. The monoisotopic (exact) mass is 1210 g/mol. The molecule has 9 rings (SSSR count). The van der Waals surface area contributed by atoms with Crippen molar-refractivity contribution in [3.63, 3.8) is 0 Å². The van der Waals surface area contributed by atoms with E-state index in [0.717, 1.165) is 48.9 Å². The van der Waals surface area contributed by atoms with Gasteiger partial charge in [0.25, 0.3) is 34.5 Å². The van der Waals surface area contributed by atoms with Gasteiger partial charge in [-0.15, -0.1) is 22.7 Å². The molecule has 0 amide bonds. The summed E-state index contributed by atoms with van der Waals surface area (Å²) in [4.78, 5) is 107. The van der Waals surface area contributed by atoms with E-state index in [1.807, 2.05) is 6.07 Å². The highest BCUT2D eigenvalue weighted by atomic mass is 35.5. The van der Waals surface area contributed by atoms with Crippen molar-refractivity contribution in [2.24, 2.45) is 0 Å². The largest absolute Gasteiger partial charge is 0.491 e. The number of nitrogens with zero attached hydrogens (tertiary/aromatic N) is 7. The van der Waals surface area contributed by atoms with Crippen LogP contribution in [0, 0.1) is 0 Å². The van der Waals surface area contributed by atoms with Crippen LogP contribution in [0.15, 0.2) is 143 Å². The zero-order valence-electron chi connectivity index (χ0n) is 43.1. The molecule has 0 fully saturated rings. The van der Waals surface area contributed by atoms with Crippen LogP contribution in [0.3, 0.4) is 0 Å². The molecule has 0 bridgehead atoms. The number of ether oxygens (including phenoxy) is 2. The number of anilines is 2. The predicted octanol–water partition coefficient (Wildman–Crippen LogP) is 8.43. The molecular weight excluding hydrogens is 1170 g/mol. The SMILES string of the molecule is COC(=O)C(=O)Cn1c(-c2cc(NCc3ccc(Cl)s3)n(C(=O)c3cccc(CO)c3)n2)cc(-c2ccccn2)cc1=O.COc1ccc(-c2cc(NCc3ccc(Cl)s3)n(C(=O)c3ccccc3C(F)(F)F)n2)n(CC(=O)C(=O)O)c1=O. The summed E-state index contributed by atoms with van der Waals surface area (Å²) in [6.45, 7) is -1.33. The minimum atomic E-state index is -4.84. The predicted molar refractivity (Wildman–Crippen MR) is 300 cm³/mol. The summed E-state index contributed by atoms with van der Waals surface area (Å²) in [5, 5.41) is 33.5. The van der Waals surface area contributed by atoms with Gasteiger partial charge >= 0.3 is 18.1 Å². The minimum absolute atomic E-state index is 0.0409. The van der Waals surface area contributed by atoms with Gasteiger partial charge in [-0.3, -0.25) is 42.9 Å². The van der Waals surface area contributed by atoms with Crippen LogP contribution < -0.4 is 26.5 Å². The van der Waals surface area contributed by atoms with Crippen LogP contribution >= 0.6 is 45.9 Å². The topological polar surface area (TPSA) is 278 Å². The quantitative estimate of drug-likeness (QED) is 0.0436. The van der Waals surface area contributed by atoms with Gasteiger partial charge in [0.15, 0.2) is 5.75 Å². The van der Waals surface area contributed by atoms with Crippen molar-refractivity contribution in [3.05, 3.63) is 195 Å². The number of hydrogen-bond acceptors (Lipinski definition) is 18. The summed E-state index contributed by atoms with van der Waals surface area (Å²) in [5.74, 6) is -6.75. The van der Waals surface area contributed by atoms with Gasteiger partial charge in [0.2, 0.25) is 0 Å². The number of pyridine rings is 3. The summed E-state index contributed by atoms with van der Waals surface area (Å²) in [5.41, 5.74) is -1.41. The van der Waals surface area contributed by atoms with Crippen LogP contribution in [0.5, 0.6) is 5.75 Å². The Morgan fingerprint density at radius 3 is 1.84 bits per heavy atom. The van der Waals surface area contributed by atoms with Crippen LogP contribution in [0.1, 0.15) is 41.6 Å². The van der Waals surface area contributed by atoms with Crippen molar-refractivity contribution in [1.82, 2.24) is 33.7 Å². The van der Waals surface area contributed by atoms with Crippen LogP contribution in [0.25, 0.3) is 34.0 Å². The van der Waals surface area contributed by atoms with Crippen molar-refractivity contribution in [1.29, 1.82) is 0 Å². The number of Topliss-reactive ketones (excluding diaryl/α,β-unsaturated/α-hetero) is 2. The number of carbonyl (C=O) groups excluding carboxylic acids is 5. The lowest BCUT2D eigenvalue weighted by Crippen LogP contribution is -2.29. The van der Waals surface area contributed by atoms with Gasteiger partial charge in [0, 0.05) is 45.3 Å². The number of nitrogens with one attached hydrogen (secondary N) is 2. The molecule has 0 unspecified atom stereocenters. The molecule has 0 radical (unpaired) electrons. The first-order chi connectivity index (χ1) is 39.7. The Morgan fingerprint density at radius 1 is 0.663 bits per heavy atom. The Bertz CT molecular complexity index is 4080. The molecule has 0 atom stereocenters. The van der Waals surface area contributed by atoms with Gasteiger partial charge < -0.3 is 30.3 Å². The number of aromatic nitrogens is 7. The highest BCUT2D eigenvalue weighted by molar-refractivity contribution is 7.16. The van der Waals surface area contributed by atoms with E-state index in [4.69, 9.17) is 33.0 Å². The number of methoxy groups -OCH3 is 2. The Morgan fingerprint density at radius 2 is 1.28 bits per heavy atom. The fourth-order valence-corrected chi connectivity index (χ4v) is 10.1. The third-order valence-electron chi connectivity index (χ3n) is 12.0. The van der Waals surface area contributed by atoms with E-state index in [0.29, 0.717) is 42.5 Å². The Balaban J connectivity index is 0.000000217. The first kappa shape index (κ1) is 59.8. The van der Waals surface area contributed by atoms with E-state index in [-0.39, 0.29) is 53.1 Å². The molecule has 0 saturated heterocycles. The second kappa shape index (κ2) is 26.1. The third kappa shape index (κ3) is 14.1. The van der Waals surface area contributed by atoms with Crippen LogP contribution in [-0.2, 0) is 62.9 Å². The van der Waals surface area contributed by atoms with Crippen LogP contribution in [0.2, 0.25) is 8.67 Å². The van der Waals surface area contributed by atoms with E-state index in [1.165, 1.54) is 60.1 Å². The number of alkyl halides is 3. The Kier molecular flexibility index (Phi) is 18.8. The van der Waals surface area contributed by atoms with Crippen molar-refractivity contribution in [2.45, 2.75) is 39.0 Å². The lowest BCUT2D eigenvalue weighted by Gasteiger charge is -2.13. The summed E-state index contributed by atoms with van der Waals surface area (Å²) in [6.07, 6.45) is -3.26. The summed E-state index contributed by atoms with van der Waals surface area (Å²) >= 11 is 14.7. The maximum absolute atomic E-state index is 13.7.